The maximum atomic E-state index is 12.2. The molecular formula is C23H28N3O2S. The normalized spacial score (nSPS) is 15.0. The van der Waals surface area contributed by atoms with Crippen LogP contribution in [0.1, 0.15) is 36.2 Å². The molecule has 3 aromatic carbocycles. The fourth-order valence-electron chi connectivity index (χ4n) is 3.82. The SMILES string of the molecule is CC([CH]N)(CC(Cc1cccc2ccccc12)[SH](=O)=O)c1cccc(C(N)N)c1. The van der Waals surface area contributed by atoms with Crippen molar-refractivity contribution in [2.45, 2.75) is 36.6 Å². The highest BCUT2D eigenvalue weighted by Gasteiger charge is 2.31. The maximum absolute atomic E-state index is 12.2. The third kappa shape index (κ3) is 4.85. The lowest BCUT2D eigenvalue weighted by molar-refractivity contribution is 0.471. The van der Waals surface area contributed by atoms with Crippen molar-refractivity contribution in [1.29, 1.82) is 0 Å². The van der Waals surface area contributed by atoms with Gasteiger partial charge in [0.25, 0.3) is 0 Å². The fourth-order valence-corrected chi connectivity index (χ4v) is 4.69. The summed E-state index contributed by atoms with van der Waals surface area (Å²) >= 11 is 0. The van der Waals surface area contributed by atoms with E-state index in [-0.39, 0.29) is 0 Å². The van der Waals surface area contributed by atoms with Gasteiger partial charge in [-0.3, -0.25) is 0 Å². The number of rotatable bonds is 8. The zero-order valence-electron chi connectivity index (χ0n) is 16.5. The fraction of sp³-hybridized carbons (Fsp3) is 0.261. The van der Waals surface area contributed by atoms with Crippen LogP contribution in [0.25, 0.3) is 10.8 Å². The predicted octanol–water partition coefficient (Wildman–Crippen LogP) is 2.75. The summed E-state index contributed by atoms with van der Waals surface area (Å²) in [7, 11) is -2.65. The number of hydrogen-bond acceptors (Lipinski definition) is 5. The van der Waals surface area contributed by atoms with Crippen LogP contribution in [0.2, 0.25) is 0 Å². The van der Waals surface area contributed by atoms with E-state index in [1.807, 2.05) is 73.7 Å². The van der Waals surface area contributed by atoms with E-state index in [4.69, 9.17) is 17.2 Å². The molecule has 0 saturated heterocycles. The first-order valence-electron chi connectivity index (χ1n) is 9.62. The van der Waals surface area contributed by atoms with Crippen molar-refractivity contribution in [3.63, 3.8) is 0 Å². The Morgan fingerprint density at radius 2 is 1.69 bits per heavy atom. The summed E-state index contributed by atoms with van der Waals surface area (Å²) in [5, 5.41) is 1.62. The molecule has 6 N–H and O–H groups in total. The molecule has 0 spiro atoms. The minimum Gasteiger partial charge on any atom is -0.326 e. The van der Waals surface area contributed by atoms with Crippen LogP contribution in [-0.4, -0.2) is 13.7 Å². The molecule has 0 bridgehead atoms. The molecule has 0 aliphatic rings. The number of fused-ring (bicyclic) bond motifs is 1. The van der Waals surface area contributed by atoms with Crippen LogP contribution in [-0.2, 0) is 22.5 Å². The molecule has 0 fully saturated rings. The van der Waals surface area contributed by atoms with Gasteiger partial charge in [0.1, 0.15) is 10.7 Å². The Balaban J connectivity index is 1.93. The first-order chi connectivity index (χ1) is 13.8. The summed E-state index contributed by atoms with van der Waals surface area (Å²) in [6.07, 6.45) is 0.202. The molecule has 0 saturated carbocycles. The average Bonchev–Trinajstić information content (AvgIpc) is 2.73. The zero-order valence-corrected chi connectivity index (χ0v) is 17.4. The van der Waals surface area contributed by atoms with Gasteiger partial charge in [0, 0.05) is 12.0 Å². The molecular weight excluding hydrogens is 382 g/mol. The van der Waals surface area contributed by atoms with E-state index in [2.05, 4.69) is 0 Å². The summed E-state index contributed by atoms with van der Waals surface area (Å²) < 4.78 is 24.4. The minimum absolute atomic E-state index is 0.370. The molecule has 2 atom stereocenters. The summed E-state index contributed by atoms with van der Waals surface area (Å²) in [4.78, 5) is 0. The maximum Gasteiger partial charge on any atom is 0.143 e. The molecule has 153 valence electrons. The Hall–Kier alpha value is -2.25. The second-order valence-electron chi connectivity index (χ2n) is 7.72. The quantitative estimate of drug-likeness (QED) is 0.337. The molecule has 0 amide bonds. The lowest BCUT2D eigenvalue weighted by Gasteiger charge is -2.31. The Labute approximate surface area is 173 Å². The average molecular weight is 411 g/mol. The Morgan fingerprint density at radius 3 is 2.38 bits per heavy atom. The highest BCUT2D eigenvalue weighted by Crippen LogP contribution is 2.33. The van der Waals surface area contributed by atoms with Crippen molar-refractivity contribution in [3.05, 3.63) is 90.0 Å². The molecule has 0 aliphatic carbocycles. The number of nitrogens with two attached hydrogens (primary N) is 3. The Bertz CT molecular complexity index is 1050. The van der Waals surface area contributed by atoms with E-state index in [1.54, 1.807) is 6.54 Å². The van der Waals surface area contributed by atoms with Gasteiger partial charge in [0.05, 0.1) is 11.4 Å². The predicted molar refractivity (Wildman–Crippen MR) is 120 cm³/mol. The minimum atomic E-state index is -2.65. The van der Waals surface area contributed by atoms with Crippen molar-refractivity contribution in [1.82, 2.24) is 0 Å². The largest absolute Gasteiger partial charge is 0.326 e. The van der Waals surface area contributed by atoms with Gasteiger partial charge < -0.3 is 17.2 Å². The molecule has 1 radical (unpaired) electrons. The first-order valence-corrected chi connectivity index (χ1v) is 10.9. The smallest absolute Gasteiger partial charge is 0.143 e. The van der Waals surface area contributed by atoms with Gasteiger partial charge in [-0.15, -0.1) is 0 Å². The van der Waals surface area contributed by atoms with Crippen LogP contribution in [0.15, 0.2) is 66.7 Å². The van der Waals surface area contributed by atoms with Crippen LogP contribution in [0, 0.1) is 6.54 Å². The molecule has 3 aromatic rings. The molecule has 5 nitrogen and oxygen atoms in total. The summed E-state index contributed by atoms with van der Waals surface area (Å²) in [6.45, 7) is 3.52. The third-order valence-corrected chi connectivity index (χ3v) is 6.55. The summed E-state index contributed by atoms with van der Waals surface area (Å²) in [6, 6.07) is 21.6. The first kappa shape index (κ1) is 21.5. The summed E-state index contributed by atoms with van der Waals surface area (Å²) in [5.41, 5.74) is 19.7. The second-order valence-corrected chi connectivity index (χ2v) is 9.02. The standard InChI is InChI=1S/C23H28N3O2S/c1-23(15-24,19-10-5-9-18(12-19)22(25)26)14-20(29(27)28)13-17-8-4-7-16-6-2-3-11-21(16)17/h2-12,15,20,22,29H,13-14,24-26H2,1H3. The lowest BCUT2D eigenvalue weighted by Crippen LogP contribution is -2.33. The van der Waals surface area contributed by atoms with E-state index >= 15 is 0 Å². The van der Waals surface area contributed by atoms with Gasteiger partial charge in [-0.05, 0) is 40.3 Å². The van der Waals surface area contributed by atoms with Crippen LogP contribution in [0.3, 0.4) is 0 Å². The van der Waals surface area contributed by atoms with Crippen LogP contribution >= 0.6 is 0 Å². The van der Waals surface area contributed by atoms with E-state index in [0.29, 0.717) is 12.8 Å². The monoisotopic (exact) mass is 410 g/mol. The van der Waals surface area contributed by atoms with Gasteiger partial charge in [0.2, 0.25) is 0 Å². The molecule has 0 aliphatic heterocycles. The van der Waals surface area contributed by atoms with E-state index < -0.39 is 27.5 Å². The number of hydrogen-bond donors (Lipinski definition) is 4. The van der Waals surface area contributed by atoms with Crippen molar-refractivity contribution >= 4 is 21.5 Å². The topological polar surface area (TPSA) is 112 Å². The zero-order chi connectivity index (χ0) is 21.0. The van der Waals surface area contributed by atoms with E-state index in [0.717, 1.165) is 27.5 Å². The number of benzene rings is 3. The second kappa shape index (κ2) is 9.05. The van der Waals surface area contributed by atoms with Crippen LogP contribution < -0.4 is 17.2 Å². The van der Waals surface area contributed by atoms with Crippen molar-refractivity contribution < 1.29 is 8.42 Å². The Kier molecular flexibility index (Phi) is 6.70. The molecule has 29 heavy (non-hydrogen) atoms. The van der Waals surface area contributed by atoms with Gasteiger partial charge in [0.15, 0.2) is 0 Å². The van der Waals surface area contributed by atoms with Gasteiger partial charge in [-0.1, -0.05) is 73.7 Å². The Morgan fingerprint density at radius 1 is 1.00 bits per heavy atom. The molecule has 2 unspecified atom stereocenters. The molecule has 3 rings (SSSR count). The van der Waals surface area contributed by atoms with Crippen LogP contribution in [0.5, 0.6) is 0 Å². The third-order valence-electron chi connectivity index (χ3n) is 5.59. The van der Waals surface area contributed by atoms with Gasteiger partial charge in [-0.2, -0.15) is 0 Å². The van der Waals surface area contributed by atoms with Gasteiger partial charge >= 0.3 is 0 Å². The summed E-state index contributed by atoms with van der Waals surface area (Å²) in [5.74, 6) is 0. The van der Waals surface area contributed by atoms with Crippen molar-refractivity contribution in [3.8, 4) is 0 Å². The van der Waals surface area contributed by atoms with Crippen molar-refractivity contribution in [2.75, 3.05) is 0 Å². The number of thiol groups is 1. The lowest BCUT2D eigenvalue weighted by atomic mass is 9.77. The van der Waals surface area contributed by atoms with Crippen molar-refractivity contribution in [2.24, 2.45) is 17.2 Å². The molecule has 0 heterocycles. The highest BCUT2D eigenvalue weighted by molar-refractivity contribution is 7.73. The highest BCUT2D eigenvalue weighted by atomic mass is 32.2. The molecule has 0 aromatic heterocycles. The van der Waals surface area contributed by atoms with Gasteiger partial charge in [-0.25, -0.2) is 8.42 Å². The van der Waals surface area contributed by atoms with Crippen LogP contribution in [0.4, 0.5) is 0 Å². The molecule has 6 heteroatoms. The van der Waals surface area contributed by atoms with E-state index in [1.165, 1.54) is 0 Å². The van der Waals surface area contributed by atoms with E-state index in [9.17, 15) is 8.42 Å².